The average Bonchev–Trinajstić information content (AvgIpc) is 2.42. The van der Waals surface area contributed by atoms with Crippen LogP contribution in [0.4, 0.5) is 11.4 Å². The molecule has 0 heterocycles. The van der Waals surface area contributed by atoms with Crippen LogP contribution in [0.5, 0.6) is 0 Å². The van der Waals surface area contributed by atoms with Gasteiger partial charge in [-0.15, -0.1) is 0 Å². The summed E-state index contributed by atoms with van der Waals surface area (Å²) in [5.74, 6) is 0. The van der Waals surface area contributed by atoms with Crippen LogP contribution in [0.1, 0.15) is 5.56 Å². The number of hydrogen-bond acceptors (Lipinski definition) is 2. The molecule has 0 atom stereocenters. The van der Waals surface area contributed by atoms with Gasteiger partial charge in [0.25, 0.3) is 0 Å². The summed E-state index contributed by atoms with van der Waals surface area (Å²) in [6.45, 7) is 0.672. The van der Waals surface area contributed by atoms with Crippen molar-refractivity contribution in [3.05, 3.63) is 57.0 Å². The monoisotopic (exact) mass is 328 g/mol. The smallest absolute Gasteiger partial charge is 0.0653 e. The summed E-state index contributed by atoms with van der Waals surface area (Å²) in [6.07, 6.45) is 0. The molecule has 1 N–H and O–H groups in total. The van der Waals surface area contributed by atoms with Crippen LogP contribution in [0.2, 0.25) is 15.1 Å². The zero-order valence-electron chi connectivity index (χ0n) is 11.3. The Balaban J connectivity index is 2.07. The van der Waals surface area contributed by atoms with Gasteiger partial charge in [-0.05, 0) is 29.8 Å². The molecule has 0 spiro atoms. The molecule has 2 aromatic rings. The van der Waals surface area contributed by atoms with Crippen molar-refractivity contribution in [1.29, 1.82) is 0 Å². The van der Waals surface area contributed by atoms with Gasteiger partial charge in [-0.2, -0.15) is 0 Å². The van der Waals surface area contributed by atoms with Gasteiger partial charge in [-0.3, -0.25) is 0 Å². The minimum atomic E-state index is 0.456. The fourth-order valence-corrected chi connectivity index (χ4v) is 2.38. The third-order valence-electron chi connectivity index (χ3n) is 2.95. The van der Waals surface area contributed by atoms with Gasteiger partial charge in [0, 0.05) is 26.3 Å². The lowest BCUT2D eigenvalue weighted by Crippen LogP contribution is -2.08. The molecule has 0 aliphatic rings. The van der Waals surface area contributed by atoms with Crippen LogP contribution in [0.25, 0.3) is 0 Å². The molecular weight excluding hydrogens is 315 g/mol. The summed E-state index contributed by atoms with van der Waals surface area (Å²) in [4.78, 5) is 2.06. The minimum absolute atomic E-state index is 0.456. The number of anilines is 2. The van der Waals surface area contributed by atoms with Crippen LogP contribution < -0.4 is 10.2 Å². The molecule has 2 nitrogen and oxygen atoms in total. The standard InChI is InChI=1S/C15H15Cl3N2/c1-20(2)11-5-3-10(4-6-11)9-19-15-8-13(17)12(16)7-14(15)18/h3-8,19H,9H2,1-2H3. The van der Waals surface area contributed by atoms with Crippen LogP contribution in [-0.4, -0.2) is 14.1 Å². The van der Waals surface area contributed by atoms with Crippen LogP contribution in [0.15, 0.2) is 36.4 Å². The van der Waals surface area contributed by atoms with Crippen molar-refractivity contribution in [2.45, 2.75) is 6.54 Å². The van der Waals surface area contributed by atoms with Crippen molar-refractivity contribution in [3.8, 4) is 0 Å². The lowest BCUT2D eigenvalue weighted by Gasteiger charge is -2.13. The molecule has 106 valence electrons. The van der Waals surface area contributed by atoms with Gasteiger partial charge >= 0.3 is 0 Å². The molecule has 2 rings (SSSR count). The number of nitrogens with zero attached hydrogens (tertiary/aromatic N) is 1. The second kappa shape index (κ2) is 6.57. The maximum atomic E-state index is 6.12. The van der Waals surface area contributed by atoms with Crippen molar-refractivity contribution in [2.75, 3.05) is 24.3 Å². The summed E-state index contributed by atoms with van der Waals surface area (Å²) in [6, 6.07) is 11.7. The second-order valence-corrected chi connectivity index (χ2v) is 5.88. The highest BCUT2D eigenvalue weighted by Crippen LogP contribution is 2.32. The Morgan fingerprint density at radius 2 is 1.50 bits per heavy atom. The summed E-state index contributed by atoms with van der Waals surface area (Å²) < 4.78 is 0. The average molecular weight is 330 g/mol. The van der Waals surface area contributed by atoms with Gasteiger partial charge in [0.05, 0.1) is 20.8 Å². The SMILES string of the molecule is CN(C)c1ccc(CNc2cc(Cl)c(Cl)cc2Cl)cc1. The first-order valence-electron chi connectivity index (χ1n) is 6.12. The zero-order valence-corrected chi connectivity index (χ0v) is 13.5. The number of hydrogen-bond donors (Lipinski definition) is 1. The molecule has 0 aliphatic heterocycles. The molecule has 0 fully saturated rings. The van der Waals surface area contributed by atoms with Crippen LogP contribution in [-0.2, 0) is 6.54 Å². The van der Waals surface area contributed by atoms with Crippen molar-refractivity contribution < 1.29 is 0 Å². The summed E-state index contributed by atoms with van der Waals surface area (Å²) in [5.41, 5.74) is 3.11. The fraction of sp³-hybridized carbons (Fsp3) is 0.200. The van der Waals surface area contributed by atoms with Crippen molar-refractivity contribution in [2.24, 2.45) is 0 Å². The van der Waals surface area contributed by atoms with Crippen LogP contribution in [0, 0.1) is 0 Å². The van der Waals surface area contributed by atoms with E-state index in [-0.39, 0.29) is 0 Å². The van der Waals surface area contributed by atoms with Gasteiger partial charge in [-0.1, -0.05) is 46.9 Å². The normalized spacial score (nSPS) is 10.4. The maximum Gasteiger partial charge on any atom is 0.0653 e. The van der Waals surface area contributed by atoms with E-state index in [4.69, 9.17) is 34.8 Å². The van der Waals surface area contributed by atoms with E-state index in [1.54, 1.807) is 12.1 Å². The number of nitrogens with one attached hydrogen (secondary N) is 1. The van der Waals surface area contributed by atoms with Crippen molar-refractivity contribution in [3.63, 3.8) is 0 Å². The Morgan fingerprint density at radius 3 is 2.10 bits per heavy atom. The molecule has 2 aromatic carbocycles. The van der Waals surface area contributed by atoms with Gasteiger partial charge in [0.15, 0.2) is 0 Å². The molecule has 0 aliphatic carbocycles. The molecular formula is C15H15Cl3N2. The van der Waals surface area contributed by atoms with E-state index in [1.807, 2.05) is 14.1 Å². The predicted octanol–water partition coefficient (Wildman–Crippen LogP) is 5.32. The van der Waals surface area contributed by atoms with Crippen LogP contribution >= 0.6 is 34.8 Å². The highest BCUT2D eigenvalue weighted by Gasteiger charge is 2.05. The Morgan fingerprint density at radius 1 is 0.900 bits per heavy atom. The summed E-state index contributed by atoms with van der Waals surface area (Å²) in [7, 11) is 4.03. The largest absolute Gasteiger partial charge is 0.380 e. The van der Waals surface area contributed by atoms with Crippen LogP contribution in [0.3, 0.4) is 0 Å². The second-order valence-electron chi connectivity index (χ2n) is 4.66. The maximum absolute atomic E-state index is 6.12. The molecule has 0 bridgehead atoms. The lowest BCUT2D eigenvalue weighted by molar-refractivity contribution is 1.11. The lowest BCUT2D eigenvalue weighted by atomic mass is 10.2. The fourth-order valence-electron chi connectivity index (χ4n) is 1.77. The zero-order chi connectivity index (χ0) is 14.7. The molecule has 0 saturated carbocycles. The van der Waals surface area contributed by atoms with E-state index in [9.17, 15) is 0 Å². The third-order valence-corrected chi connectivity index (χ3v) is 3.98. The van der Waals surface area contributed by atoms with Gasteiger partial charge in [0.1, 0.15) is 0 Å². The Hall–Kier alpha value is -1.09. The molecule has 20 heavy (non-hydrogen) atoms. The first kappa shape index (κ1) is 15.3. The van der Waals surface area contributed by atoms with Gasteiger partial charge in [0.2, 0.25) is 0 Å². The third kappa shape index (κ3) is 3.72. The molecule has 0 radical (unpaired) electrons. The van der Waals surface area contributed by atoms with E-state index in [0.29, 0.717) is 21.6 Å². The van der Waals surface area contributed by atoms with Crippen molar-refractivity contribution in [1.82, 2.24) is 0 Å². The predicted molar refractivity (Wildman–Crippen MR) is 89.6 cm³/mol. The number of rotatable bonds is 4. The highest BCUT2D eigenvalue weighted by molar-refractivity contribution is 6.44. The first-order valence-corrected chi connectivity index (χ1v) is 7.25. The Bertz CT molecular complexity index is 595. The van der Waals surface area contributed by atoms with Crippen molar-refractivity contribution >= 4 is 46.2 Å². The van der Waals surface area contributed by atoms with E-state index in [0.717, 1.165) is 11.3 Å². The first-order chi connectivity index (χ1) is 9.47. The number of benzene rings is 2. The highest BCUT2D eigenvalue weighted by atomic mass is 35.5. The molecule has 0 amide bonds. The minimum Gasteiger partial charge on any atom is -0.380 e. The Labute approximate surface area is 134 Å². The van der Waals surface area contributed by atoms with E-state index in [1.165, 1.54) is 5.69 Å². The quantitative estimate of drug-likeness (QED) is 0.763. The summed E-state index contributed by atoms with van der Waals surface area (Å²) >= 11 is 18.0. The Kier molecular flexibility index (Phi) is 5.03. The molecule has 5 heteroatoms. The van der Waals surface area contributed by atoms with E-state index >= 15 is 0 Å². The molecule has 0 aromatic heterocycles. The van der Waals surface area contributed by atoms with Gasteiger partial charge in [-0.25, -0.2) is 0 Å². The van der Waals surface area contributed by atoms with E-state index < -0.39 is 0 Å². The number of halogens is 3. The summed E-state index contributed by atoms with van der Waals surface area (Å²) in [5, 5.41) is 4.76. The topological polar surface area (TPSA) is 15.3 Å². The molecule has 0 saturated heterocycles. The van der Waals surface area contributed by atoms with Gasteiger partial charge < -0.3 is 10.2 Å². The van der Waals surface area contributed by atoms with E-state index in [2.05, 4.69) is 34.5 Å². The molecule has 0 unspecified atom stereocenters.